The van der Waals surface area contributed by atoms with Crippen LogP contribution in [0, 0.1) is 6.92 Å². The Morgan fingerprint density at radius 2 is 2.22 bits per heavy atom. The van der Waals surface area contributed by atoms with E-state index in [1.807, 2.05) is 30.7 Å². The van der Waals surface area contributed by atoms with E-state index in [0.717, 1.165) is 17.0 Å². The van der Waals surface area contributed by atoms with Crippen molar-refractivity contribution in [2.24, 2.45) is 7.05 Å². The second kappa shape index (κ2) is 5.04. The zero-order valence-corrected chi connectivity index (χ0v) is 10.8. The van der Waals surface area contributed by atoms with Crippen LogP contribution in [-0.4, -0.2) is 15.3 Å². The highest BCUT2D eigenvalue weighted by Gasteiger charge is 2.05. The number of Topliss-reactive ketones (excluding diaryl/α,β-unsaturated/α-hetero) is 1. The maximum Gasteiger partial charge on any atom is 0.159 e. The van der Waals surface area contributed by atoms with Crippen molar-refractivity contribution in [1.29, 1.82) is 0 Å². The largest absolute Gasteiger partial charge is 0.487 e. The second-order valence-corrected chi connectivity index (χ2v) is 4.32. The molecule has 0 aliphatic rings. The van der Waals surface area contributed by atoms with Crippen molar-refractivity contribution in [3.8, 4) is 5.75 Å². The summed E-state index contributed by atoms with van der Waals surface area (Å²) in [6.07, 6.45) is 3.52. The lowest BCUT2D eigenvalue weighted by Gasteiger charge is -2.10. The number of nitrogens with zero attached hydrogens (tertiary/aromatic N) is 2. The predicted octanol–water partition coefficient (Wildman–Crippen LogP) is 2.51. The van der Waals surface area contributed by atoms with Gasteiger partial charge in [0.25, 0.3) is 0 Å². The SMILES string of the molecule is CC(=O)c1ccc(OCc2cncn2C)c(C)c1. The lowest BCUT2D eigenvalue weighted by atomic mass is 10.1. The lowest BCUT2D eigenvalue weighted by Crippen LogP contribution is -2.02. The number of ether oxygens (including phenoxy) is 1. The van der Waals surface area contributed by atoms with Gasteiger partial charge in [-0.25, -0.2) is 4.98 Å². The van der Waals surface area contributed by atoms with Gasteiger partial charge in [0, 0.05) is 12.6 Å². The molecule has 1 aromatic heterocycles. The fourth-order valence-corrected chi connectivity index (χ4v) is 1.71. The molecular weight excluding hydrogens is 228 g/mol. The van der Waals surface area contributed by atoms with E-state index in [-0.39, 0.29) is 5.78 Å². The summed E-state index contributed by atoms with van der Waals surface area (Å²) < 4.78 is 7.64. The van der Waals surface area contributed by atoms with Crippen LogP contribution >= 0.6 is 0 Å². The monoisotopic (exact) mass is 244 g/mol. The fourth-order valence-electron chi connectivity index (χ4n) is 1.71. The van der Waals surface area contributed by atoms with Crippen molar-refractivity contribution in [2.75, 3.05) is 0 Å². The highest BCUT2D eigenvalue weighted by molar-refractivity contribution is 5.94. The van der Waals surface area contributed by atoms with Crippen LogP contribution < -0.4 is 4.74 Å². The van der Waals surface area contributed by atoms with Crippen molar-refractivity contribution in [3.05, 3.63) is 47.5 Å². The number of ketones is 1. The van der Waals surface area contributed by atoms with Crippen molar-refractivity contribution >= 4 is 5.78 Å². The molecule has 4 heteroatoms. The van der Waals surface area contributed by atoms with Gasteiger partial charge in [0.2, 0.25) is 0 Å². The number of carbonyl (C=O) groups excluding carboxylic acids is 1. The summed E-state index contributed by atoms with van der Waals surface area (Å²) >= 11 is 0. The van der Waals surface area contributed by atoms with Crippen molar-refractivity contribution in [3.63, 3.8) is 0 Å². The molecule has 0 amide bonds. The molecule has 2 rings (SSSR count). The Bertz CT molecular complexity index is 573. The number of imidazole rings is 1. The molecule has 0 radical (unpaired) electrons. The van der Waals surface area contributed by atoms with E-state index < -0.39 is 0 Å². The number of hydrogen-bond donors (Lipinski definition) is 0. The maximum atomic E-state index is 11.2. The molecule has 0 saturated heterocycles. The molecule has 0 saturated carbocycles. The molecule has 18 heavy (non-hydrogen) atoms. The van der Waals surface area contributed by atoms with Gasteiger partial charge >= 0.3 is 0 Å². The van der Waals surface area contributed by atoms with Crippen LogP contribution in [0.2, 0.25) is 0 Å². The molecule has 0 fully saturated rings. The number of rotatable bonds is 4. The van der Waals surface area contributed by atoms with E-state index in [9.17, 15) is 4.79 Å². The van der Waals surface area contributed by atoms with Crippen molar-refractivity contribution in [1.82, 2.24) is 9.55 Å². The molecule has 0 unspecified atom stereocenters. The minimum absolute atomic E-state index is 0.0660. The highest BCUT2D eigenvalue weighted by atomic mass is 16.5. The van der Waals surface area contributed by atoms with Gasteiger partial charge < -0.3 is 9.30 Å². The summed E-state index contributed by atoms with van der Waals surface area (Å²) in [6, 6.07) is 5.47. The van der Waals surface area contributed by atoms with Crippen LogP contribution in [0.1, 0.15) is 28.5 Å². The molecule has 0 atom stereocenters. The van der Waals surface area contributed by atoms with Crippen molar-refractivity contribution in [2.45, 2.75) is 20.5 Å². The summed E-state index contributed by atoms with van der Waals surface area (Å²) in [5, 5.41) is 0. The van der Waals surface area contributed by atoms with E-state index in [1.54, 1.807) is 25.5 Å². The molecule has 0 spiro atoms. The average Bonchev–Trinajstić information content (AvgIpc) is 2.73. The fraction of sp³-hybridized carbons (Fsp3) is 0.286. The predicted molar refractivity (Wildman–Crippen MR) is 68.7 cm³/mol. The van der Waals surface area contributed by atoms with E-state index in [2.05, 4.69) is 4.98 Å². The maximum absolute atomic E-state index is 11.2. The molecule has 0 bridgehead atoms. The van der Waals surface area contributed by atoms with E-state index in [4.69, 9.17) is 4.74 Å². The zero-order chi connectivity index (χ0) is 13.1. The Kier molecular flexibility index (Phi) is 3.46. The zero-order valence-electron chi connectivity index (χ0n) is 10.8. The number of aryl methyl sites for hydroxylation is 2. The number of hydrogen-bond acceptors (Lipinski definition) is 3. The summed E-state index contributed by atoms with van der Waals surface area (Å²) in [5.74, 6) is 0.859. The quantitative estimate of drug-likeness (QED) is 0.776. The molecule has 0 aliphatic carbocycles. The average molecular weight is 244 g/mol. The second-order valence-electron chi connectivity index (χ2n) is 4.32. The summed E-state index contributed by atoms with van der Waals surface area (Å²) in [6.45, 7) is 3.96. The van der Waals surface area contributed by atoms with Crippen LogP contribution in [0.25, 0.3) is 0 Å². The lowest BCUT2D eigenvalue weighted by molar-refractivity contribution is 0.101. The van der Waals surface area contributed by atoms with Gasteiger partial charge in [-0.3, -0.25) is 4.79 Å². The number of carbonyl (C=O) groups is 1. The van der Waals surface area contributed by atoms with Crippen LogP contribution in [0.15, 0.2) is 30.7 Å². The number of aromatic nitrogens is 2. The Balaban J connectivity index is 2.11. The van der Waals surface area contributed by atoms with E-state index in [1.165, 1.54) is 0 Å². The van der Waals surface area contributed by atoms with Gasteiger partial charge in [0.05, 0.1) is 18.2 Å². The van der Waals surface area contributed by atoms with Gasteiger partial charge in [-0.05, 0) is 37.6 Å². The molecule has 2 aromatic rings. The molecule has 0 N–H and O–H groups in total. The summed E-state index contributed by atoms with van der Waals surface area (Å²) in [7, 11) is 1.93. The first-order valence-electron chi connectivity index (χ1n) is 5.77. The van der Waals surface area contributed by atoms with Gasteiger partial charge in [-0.15, -0.1) is 0 Å². The molecule has 0 aliphatic heterocycles. The first-order chi connectivity index (χ1) is 8.58. The molecule has 1 heterocycles. The van der Waals surface area contributed by atoms with Crippen LogP contribution in [0.5, 0.6) is 5.75 Å². The van der Waals surface area contributed by atoms with Crippen LogP contribution in [0.3, 0.4) is 0 Å². The highest BCUT2D eigenvalue weighted by Crippen LogP contribution is 2.20. The Labute approximate surface area is 106 Å². The van der Waals surface area contributed by atoms with E-state index in [0.29, 0.717) is 12.2 Å². The van der Waals surface area contributed by atoms with Gasteiger partial charge in [-0.1, -0.05) is 0 Å². The molecule has 4 nitrogen and oxygen atoms in total. The third-order valence-electron chi connectivity index (χ3n) is 2.87. The molecule has 1 aromatic carbocycles. The molecule has 94 valence electrons. The normalized spacial score (nSPS) is 10.4. The third-order valence-corrected chi connectivity index (χ3v) is 2.87. The summed E-state index contributed by atoms with van der Waals surface area (Å²) in [5.41, 5.74) is 2.68. The minimum Gasteiger partial charge on any atom is -0.487 e. The smallest absolute Gasteiger partial charge is 0.159 e. The Morgan fingerprint density at radius 1 is 1.44 bits per heavy atom. The van der Waals surface area contributed by atoms with Gasteiger partial charge in [0.1, 0.15) is 12.4 Å². The first kappa shape index (κ1) is 12.4. The first-order valence-corrected chi connectivity index (χ1v) is 5.77. The van der Waals surface area contributed by atoms with Crippen molar-refractivity contribution < 1.29 is 9.53 Å². The van der Waals surface area contributed by atoms with Crippen LogP contribution in [-0.2, 0) is 13.7 Å². The summed E-state index contributed by atoms with van der Waals surface area (Å²) in [4.78, 5) is 15.3. The number of benzene rings is 1. The standard InChI is InChI=1S/C14H16N2O2/c1-10-6-12(11(2)17)4-5-14(10)18-8-13-7-15-9-16(13)3/h4-7,9H,8H2,1-3H3. The van der Waals surface area contributed by atoms with Crippen LogP contribution in [0.4, 0.5) is 0 Å². The van der Waals surface area contributed by atoms with Gasteiger partial charge in [0.15, 0.2) is 5.78 Å². The van der Waals surface area contributed by atoms with Gasteiger partial charge in [-0.2, -0.15) is 0 Å². The minimum atomic E-state index is 0.0660. The third kappa shape index (κ3) is 2.59. The molecular formula is C14H16N2O2. The Morgan fingerprint density at radius 3 is 2.78 bits per heavy atom. The van der Waals surface area contributed by atoms with E-state index >= 15 is 0 Å². The Hall–Kier alpha value is -2.10. The topological polar surface area (TPSA) is 44.1 Å².